The molecule has 0 fully saturated rings. The lowest BCUT2D eigenvalue weighted by Gasteiger charge is -2.09. The van der Waals surface area contributed by atoms with Crippen molar-refractivity contribution in [2.45, 2.75) is 11.8 Å². The van der Waals surface area contributed by atoms with Crippen LogP contribution in [0.3, 0.4) is 0 Å². The van der Waals surface area contributed by atoms with E-state index in [0.29, 0.717) is 0 Å². The maximum atomic E-state index is 13.0. The topological polar surface area (TPSA) is 55.4 Å². The molecular formula is C15H15F2NO3S. The Balaban J connectivity index is 1.87. The highest BCUT2D eigenvalue weighted by Gasteiger charge is 2.12. The second-order valence-electron chi connectivity index (χ2n) is 4.64. The third-order valence-corrected chi connectivity index (χ3v) is 4.36. The largest absolute Gasteiger partial charge is 0.492 e. The van der Waals surface area contributed by atoms with E-state index in [1.54, 1.807) is 12.1 Å². The fraction of sp³-hybridized carbons (Fsp3) is 0.200. The maximum absolute atomic E-state index is 13.0. The monoisotopic (exact) mass is 327 g/mol. The molecule has 0 aromatic heterocycles. The first kappa shape index (κ1) is 16.4. The van der Waals surface area contributed by atoms with Crippen LogP contribution in [0.25, 0.3) is 0 Å². The number of rotatable bonds is 6. The fourth-order valence-electron chi connectivity index (χ4n) is 1.71. The summed E-state index contributed by atoms with van der Waals surface area (Å²) in [5.74, 6) is -1.85. The third kappa shape index (κ3) is 4.25. The first-order valence-corrected chi connectivity index (χ1v) is 8.01. The van der Waals surface area contributed by atoms with Crippen LogP contribution in [-0.4, -0.2) is 21.6 Å². The van der Waals surface area contributed by atoms with Crippen LogP contribution in [-0.2, 0) is 10.0 Å². The highest BCUT2D eigenvalue weighted by Crippen LogP contribution is 2.15. The number of sulfonamides is 1. The first-order chi connectivity index (χ1) is 10.4. The molecule has 2 rings (SSSR count). The van der Waals surface area contributed by atoms with E-state index < -0.39 is 21.7 Å². The van der Waals surface area contributed by atoms with Crippen molar-refractivity contribution < 1.29 is 21.9 Å². The minimum Gasteiger partial charge on any atom is -0.492 e. The Bertz CT molecular complexity index is 746. The van der Waals surface area contributed by atoms with Gasteiger partial charge in [0, 0.05) is 12.6 Å². The Morgan fingerprint density at radius 3 is 2.36 bits per heavy atom. The molecule has 1 N–H and O–H groups in total. The Hall–Kier alpha value is -1.99. The molecule has 0 bridgehead atoms. The SMILES string of the molecule is Cc1ccc(S(=O)(=O)NCCOc2ccc(F)c(F)c2)cc1. The van der Waals surface area contributed by atoms with Crippen molar-refractivity contribution in [3.63, 3.8) is 0 Å². The van der Waals surface area contributed by atoms with Gasteiger partial charge in [0.25, 0.3) is 0 Å². The average Bonchev–Trinajstić information content (AvgIpc) is 2.48. The summed E-state index contributed by atoms with van der Waals surface area (Å²) < 4.78 is 57.2. The molecule has 0 atom stereocenters. The zero-order chi connectivity index (χ0) is 16.2. The summed E-state index contributed by atoms with van der Waals surface area (Å²) in [5, 5.41) is 0. The van der Waals surface area contributed by atoms with Gasteiger partial charge in [-0.2, -0.15) is 0 Å². The summed E-state index contributed by atoms with van der Waals surface area (Å²) in [6, 6.07) is 9.54. The molecule has 0 heterocycles. The van der Waals surface area contributed by atoms with Gasteiger partial charge in [0.1, 0.15) is 12.4 Å². The number of benzene rings is 2. The van der Waals surface area contributed by atoms with E-state index in [2.05, 4.69) is 4.72 Å². The lowest BCUT2D eigenvalue weighted by molar-refractivity contribution is 0.319. The molecule has 2 aromatic carbocycles. The second-order valence-corrected chi connectivity index (χ2v) is 6.40. The van der Waals surface area contributed by atoms with Gasteiger partial charge in [-0.25, -0.2) is 21.9 Å². The van der Waals surface area contributed by atoms with Gasteiger partial charge in [-0.1, -0.05) is 17.7 Å². The molecule has 7 heteroatoms. The van der Waals surface area contributed by atoms with Gasteiger partial charge >= 0.3 is 0 Å². The number of halogens is 2. The van der Waals surface area contributed by atoms with E-state index >= 15 is 0 Å². The summed E-state index contributed by atoms with van der Waals surface area (Å²) in [7, 11) is -3.61. The average molecular weight is 327 g/mol. The summed E-state index contributed by atoms with van der Waals surface area (Å²) >= 11 is 0. The van der Waals surface area contributed by atoms with E-state index in [9.17, 15) is 17.2 Å². The molecule has 0 saturated heterocycles. The summed E-state index contributed by atoms with van der Waals surface area (Å²) in [6.45, 7) is 1.87. The van der Waals surface area contributed by atoms with Crippen LogP contribution < -0.4 is 9.46 Å². The summed E-state index contributed by atoms with van der Waals surface area (Å²) in [5.41, 5.74) is 0.959. The van der Waals surface area contributed by atoms with Gasteiger partial charge in [-0.3, -0.25) is 0 Å². The zero-order valence-corrected chi connectivity index (χ0v) is 12.7. The molecular weight excluding hydrogens is 312 g/mol. The minimum atomic E-state index is -3.61. The first-order valence-electron chi connectivity index (χ1n) is 6.53. The predicted octanol–water partition coefficient (Wildman–Crippen LogP) is 2.63. The number of aryl methyl sites for hydroxylation is 1. The minimum absolute atomic E-state index is 0.00381. The molecule has 0 amide bonds. The van der Waals surface area contributed by atoms with E-state index in [1.165, 1.54) is 18.2 Å². The highest BCUT2D eigenvalue weighted by atomic mass is 32.2. The lowest BCUT2D eigenvalue weighted by atomic mass is 10.2. The van der Waals surface area contributed by atoms with E-state index in [-0.39, 0.29) is 23.8 Å². The van der Waals surface area contributed by atoms with Crippen molar-refractivity contribution in [1.29, 1.82) is 0 Å². The summed E-state index contributed by atoms with van der Waals surface area (Å²) in [6.07, 6.45) is 0. The molecule has 22 heavy (non-hydrogen) atoms. The standard InChI is InChI=1S/C15H15F2NO3S/c1-11-2-5-13(6-3-11)22(19,20)18-8-9-21-12-4-7-14(16)15(17)10-12/h2-7,10,18H,8-9H2,1H3. The maximum Gasteiger partial charge on any atom is 0.240 e. The molecule has 0 unspecified atom stereocenters. The molecule has 0 aliphatic carbocycles. The van der Waals surface area contributed by atoms with Gasteiger partial charge < -0.3 is 4.74 Å². The molecule has 0 radical (unpaired) electrons. The van der Waals surface area contributed by atoms with Gasteiger partial charge in [0.15, 0.2) is 11.6 Å². The van der Waals surface area contributed by atoms with Crippen LogP contribution in [0.4, 0.5) is 8.78 Å². The van der Waals surface area contributed by atoms with Crippen molar-refractivity contribution in [2.75, 3.05) is 13.2 Å². The van der Waals surface area contributed by atoms with Crippen LogP contribution in [0.5, 0.6) is 5.75 Å². The van der Waals surface area contributed by atoms with E-state index in [1.807, 2.05) is 6.92 Å². The van der Waals surface area contributed by atoms with Crippen molar-refractivity contribution in [3.8, 4) is 5.75 Å². The highest BCUT2D eigenvalue weighted by molar-refractivity contribution is 7.89. The molecule has 0 aliphatic rings. The van der Waals surface area contributed by atoms with E-state index in [4.69, 9.17) is 4.74 Å². The van der Waals surface area contributed by atoms with Crippen LogP contribution in [0.1, 0.15) is 5.56 Å². The quantitative estimate of drug-likeness (QED) is 0.830. The zero-order valence-electron chi connectivity index (χ0n) is 11.8. The third-order valence-electron chi connectivity index (χ3n) is 2.89. The van der Waals surface area contributed by atoms with Crippen molar-refractivity contribution in [1.82, 2.24) is 4.72 Å². The van der Waals surface area contributed by atoms with Crippen molar-refractivity contribution >= 4 is 10.0 Å². The van der Waals surface area contributed by atoms with Crippen LogP contribution in [0.15, 0.2) is 47.4 Å². The number of nitrogens with one attached hydrogen (secondary N) is 1. The van der Waals surface area contributed by atoms with Crippen LogP contribution >= 0.6 is 0 Å². The Morgan fingerprint density at radius 1 is 1.05 bits per heavy atom. The molecule has 0 saturated carbocycles. The normalized spacial score (nSPS) is 11.4. The Labute approximate surface area is 127 Å². The van der Waals surface area contributed by atoms with Crippen molar-refractivity contribution in [2.24, 2.45) is 0 Å². The molecule has 4 nitrogen and oxygen atoms in total. The number of hydrogen-bond donors (Lipinski definition) is 1. The predicted molar refractivity (Wildman–Crippen MR) is 78.2 cm³/mol. The Kier molecular flexibility index (Phi) is 5.10. The van der Waals surface area contributed by atoms with Gasteiger partial charge in [0.2, 0.25) is 10.0 Å². The van der Waals surface area contributed by atoms with E-state index in [0.717, 1.165) is 17.7 Å². The Morgan fingerprint density at radius 2 is 1.73 bits per heavy atom. The van der Waals surface area contributed by atoms with Gasteiger partial charge in [-0.05, 0) is 31.2 Å². The number of hydrogen-bond acceptors (Lipinski definition) is 3. The van der Waals surface area contributed by atoms with Crippen molar-refractivity contribution in [3.05, 3.63) is 59.7 Å². The van der Waals surface area contributed by atoms with Crippen LogP contribution in [0, 0.1) is 18.6 Å². The summed E-state index contributed by atoms with van der Waals surface area (Å²) in [4.78, 5) is 0.158. The van der Waals surface area contributed by atoms with Gasteiger partial charge in [-0.15, -0.1) is 0 Å². The molecule has 0 aliphatic heterocycles. The number of ether oxygens (including phenoxy) is 1. The molecule has 118 valence electrons. The smallest absolute Gasteiger partial charge is 0.240 e. The molecule has 2 aromatic rings. The fourth-order valence-corrected chi connectivity index (χ4v) is 2.73. The lowest BCUT2D eigenvalue weighted by Crippen LogP contribution is -2.28. The molecule has 0 spiro atoms. The van der Waals surface area contributed by atoms with Gasteiger partial charge in [0.05, 0.1) is 4.90 Å². The van der Waals surface area contributed by atoms with Crippen LogP contribution in [0.2, 0.25) is 0 Å². The second kappa shape index (κ2) is 6.85.